The minimum absolute atomic E-state index is 0.696. The van der Waals surface area contributed by atoms with E-state index in [4.69, 9.17) is 4.84 Å². The highest BCUT2D eigenvalue weighted by atomic mass is 16.6. The summed E-state index contributed by atoms with van der Waals surface area (Å²) in [5.41, 5.74) is 4.44. The maximum absolute atomic E-state index is 5.58. The van der Waals surface area contributed by atoms with Crippen molar-refractivity contribution in [1.82, 2.24) is 10.4 Å². The second-order valence-corrected chi connectivity index (χ2v) is 5.41. The molecule has 1 atom stereocenters. The van der Waals surface area contributed by atoms with Crippen LogP contribution in [0.15, 0.2) is 11.8 Å². The molecule has 0 radical (unpaired) electrons. The summed E-state index contributed by atoms with van der Waals surface area (Å²) >= 11 is 0. The van der Waals surface area contributed by atoms with E-state index in [0.29, 0.717) is 5.92 Å². The molecule has 0 bridgehead atoms. The van der Waals surface area contributed by atoms with E-state index in [2.05, 4.69) is 23.4 Å². The number of likely N-dealkylation sites (tertiary alicyclic amines) is 1. The van der Waals surface area contributed by atoms with Gasteiger partial charge in [-0.1, -0.05) is 19.4 Å². The smallest absolute Gasteiger partial charge is 0.0872 e. The van der Waals surface area contributed by atoms with Crippen molar-refractivity contribution >= 4 is 0 Å². The molecule has 1 saturated heterocycles. The monoisotopic (exact) mass is 238 g/mol. The number of rotatable bonds is 5. The number of allylic oxidation sites excluding steroid dienone is 2. The summed E-state index contributed by atoms with van der Waals surface area (Å²) < 4.78 is 0. The zero-order valence-electron chi connectivity index (χ0n) is 11.1. The van der Waals surface area contributed by atoms with Crippen LogP contribution in [-0.4, -0.2) is 31.1 Å². The molecule has 0 aromatic rings. The van der Waals surface area contributed by atoms with Crippen LogP contribution in [0.3, 0.4) is 0 Å². The molecule has 1 aliphatic carbocycles. The maximum Gasteiger partial charge on any atom is 0.0872 e. The van der Waals surface area contributed by atoms with Gasteiger partial charge in [0, 0.05) is 12.2 Å². The first-order chi connectivity index (χ1) is 8.34. The van der Waals surface area contributed by atoms with Gasteiger partial charge < -0.3 is 4.90 Å². The highest BCUT2D eigenvalue weighted by Crippen LogP contribution is 2.19. The molecule has 0 spiro atoms. The molecule has 17 heavy (non-hydrogen) atoms. The zero-order chi connectivity index (χ0) is 11.9. The van der Waals surface area contributed by atoms with E-state index < -0.39 is 0 Å². The predicted molar refractivity (Wildman–Crippen MR) is 70.5 cm³/mol. The fraction of sp³-hybridized carbons (Fsp3) is 0.857. The third-order valence-electron chi connectivity index (χ3n) is 3.75. The Balaban J connectivity index is 1.60. The van der Waals surface area contributed by atoms with Gasteiger partial charge in [-0.25, -0.2) is 0 Å². The topological polar surface area (TPSA) is 24.5 Å². The first-order valence-corrected chi connectivity index (χ1v) is 7.15. The summed E-state index contributed by atoms with van der Waals surface area (Å²) in [5, 5.41) is 0. The van der Waals surface area contributed by atoms with E-state index in [9.17, 15) is 0 Å². The van der Waals surface area contributed by atoms with Gasteiger partial charge in [-0.2, -0.15) is 0 Å². The lowest BCUT2D eigenvalue weighted by Gasteiger charge is -2.15. The van der Waals surface area contributed by atoms with Crippen molar-refractivity contribution in [1.29, 1.82) is 0 Å². The number of nitrogens with one attached hydrogen (secondary N) is 1. The van der Waals surface area contributed by atoms with Gasteiger partial charge in [0.15, 0.2) is 0 Å². The molecule has 3 nitrogen and oxygen atoms in total. The molecule has 0 aromatic carbocycles. The Kier molecular flexibility index (Phi) is 5.33. The van der Waals surface area contributed by atoms with Gasteiger partial charge in [-0.05, 0) is 51.1 Å². The van der Waals surface area contributed by atoms with Gasteiger partial charge >= 0.3 is 0 Å². The average molecular weight is 238 g/mol. The highest BCUT2D eigenvalue weighted by molar-refractivity contribution is 5.01. The van der Waals surface area contributed by atoms with E-state index >= 15 is 0 Å². The quantitative estimate of drug-likeness (QED) is 0.589. The summed E-state index contributed by atoms with van der Waals surface area (Å²) in [6.45, 7) is 6.66. The van der Waals surface area contributed by atoms with Crippen molar-refractivity contribution in [3.8, 4) is 0 Å². The molecular weight excluding hydrogens is 212 g/mol. The highest BCUT2D eigenvalue weighted by Gasteiger charge is 2.11. The van der Waals surface area contributed by atoms with Crippen LogP contribution in [0.25, 0.3) is 0 Å². The van der Waals surface area contributed by atoms with Gasteiger partial charge in [0.1, 0.15) is 0 Å². The van der Waals surface area contributed by atoms with Gasteiger partial charge in [-0.3, -0.25) is 10.3 Å². The molecule has 0 saturated carbocycles. The van der Waals surface area contributed by atoms with Crippen molar-refractivity contribution in [2.75, 3.05) is 26.2 Å². The average Bonchev–Trinajstić information content (AvgIpc) is 2.74. The Hall–Kier alpha value is -0.540. The van der Waals surface area contributed by atoms with Crippen LogP contribution in [-0.2, 0) is 4.84 Å². The summed E-state index contributed by atoms with van der Waals surface area (Å²) in [7, 11) is 0. The molecule has 1 aliphatic heterocycles. The second-order valence-electron chi connectivity index (χ2n) is 5.41. The van der Waals surface area contributed by atoms with Crippen LogP contribution in [0.1, 0.15) is 45.4 Å². The van der Waals surface area contributed by atoms with Crippen molar-refractivity contribution in [3.63, 3.8) is 0 Å². The fourth-order valence-corrected chi connectivity index (χ4v) is 2.70. The van der Waals surface area contributed by atoms with Crippen LogP contribution in [0.2, 0.25) is 0 Å². The van der Waals surface area contributed by atoms with Crippen molar-refractivity contribution in [2.45, 2.75) is 45.4 Å². The summed E-state index contributed by atoms with van der Waals surface area (Å²) in [6.07, 6.45) is 10.2. The Bertz CT molecular complexity index is 247. The lowest BCUT2D eigenvalue weighted by molar-refractivity contribution is 0.0463. The van der Waals surface area contributed by atoms with Crippen LogP contribution >= 0.6 is 0 Å². The maximum atomic E-state index is 5.58. The Morgan fingerprint density at radius 2 is 2.12 bits per heavy atom. The Labute approximate surface area is 105 Å². The van der Waals surface area contributed by atoms with E-state index in [-0.39, 0.29) is 0 Å². The molecule has 1 fully saturated rings. The minimum atomic E-state index is 0.696. The number of nitrogens with zero attached hydrogens (tertiary/aromatic N) is 1. The van der Waals surface area contributed by atoms with Crippen LogP contribution in [0.5, 0.6) is 0 Å². The zero-order valence-corrected chi connectivity index (χ0v) is 11.1. The first-order valence-electron chi connectivity index (χ1n) is 7.15. The molecule has 2 rings (SSSR count). The van der Waals surface area contributed by atoms with Crippen molar-refractivity contribution in [2.24, 2.45) is 5.92 Å². The van der Waals surface area contributed by atoms with Gasteiger partial charge in [0.05, 0.1) is 6.61 Å². The Morgan fingerprint density at radius 3 is 2.94 bits per heavy atom. The first kappa shape index (κ1) is 12.9. The molecule has 1 unspecified atom stereocenters. The summed E-state index contributed by atoms with van der Waals surface area (Å²) in [5.74, 6) is 0.696. The van der Waals surface area contributed by atoms with Crippen LogP contribution in [0, 0.1) is 5.92 Å². The third kappa shape index (κ3) is 4.68. The van der Waals surface area contributed by atoms with Crippen LogP contribution in [0.4, 0.5) is 0 Å². The Morgan fingerprint density at radius 1 is 1.29 bits per heavy atom. The van der Waals surface area contributed by atoms with E-state index in [1.807, 2.05) is 0 Å². The fourth-order valence-electron chi connectivity index (χ4n) is 2.70. The third-order valence-corrected chi connectivity index (χ3v) is 3.75. The van der Waals surface area contributed by atoms with Gasteiger partial charge in [0.2, 0.25) is 0 Å². The molecule has 1 heterocycles. The minimum Gasteiger partial charge on any atom is -0.301 e. The molecular formula is C14H26N2O. The molecule has 3 heteroatoms. The van der Waals surface area contributed by atoms with E-state index in [1.54, 1.807) is 0 Å². The molecule has 0 aromatic heterocycles. The van der Waals surface area contributed by atoms with Crippen LogP contribution < -0.4 is 5.48 Å². The standard InChI is InChI=1S/C14H26N2O/c1-13-6-2-3-7-14(12-13)15-17-11-10-16-8-4-5-9-16/h12-13,15H,2-11H2,1H3. The predicted octanol–water partition coefficient (Wildman–Crippen LogP) is 2.70. The van der Waals surface area contributed by atoms with Gasteiger partial charge in [-0.15, -0.1) is 0 Å². The lowest BCUT2D eigenvalue weighted by Crippen LogP contribution is -2.27. The number of hydrogen-bond acceptors (Lipinski definition) is 3. The van der Waals surface area contributed by atoms with Crippen molar-refractivity contribution < 1.29 is 4.84 Å². The molecule has 0 amide bonds. The summed E-state index contributed by atoms with van der Waals surface area (Å²) in [6, 6.07) is 0. The largest absolute Gasteiger partial charge is 0.301 e. The normalized spacial score (nSPS) is 26.6. The van der Waals surface area contributed by atoms with E-state index in [0.717, 1.165) is 19.6 Å². The summed E-state index contributed by atoms with van der Waals surface area (Å²) in [4.78, 5) is 8.06. The molecule has 2 aliphatic rings. The number of hydroxylamine groups is 1. The second kappa shape index (κ2) is 7.02. The van der Waals surface area contributed by atoms with E-state index in [1.165, 1.54) is 50.9 Å². The van der Waals surface area contributed by atoms with Crippen molar-refractivity contribution in [3.05, 3.63) is 11.8 Å². The number of hydrogen-bond donors (Lipinski definition) is 1. The lowest BCUT2D eigenvalue weighted by atomic mass is 10.1. The van der Waals surface area contributed by atoms with Gasteiger partial charge in [0.25, 0.3) is 0 Å². The molecule has 1 N–H and O–H groups in total. The SMILES string of the molecule is CC1C=C(NOCCN2CCCC2)CCCC1. The molecule has 98 valence electrons.